The molecule has 1 amide bonds. The van der Waals surface area contributed by atoms with Gasteiger partial charge >= 0.3 is 0 Å². The fraction of sp³-hybridized carbons (Fsp3) is 0.353. The van der Waals surface area contributed by atoms with Crippen molar-refractivity contribution < 1.29 is 13.9 Å². The highest BCUT2D eigenvalue weighted by atomic mass is 19.1. The fourth-order valence-corrected chi connectivity index (χ4v) is 2.87. The number of anilines is 2. The number of nitrogens with one attached hydrogen (secondary N) is 1. The average molecular weight is 345 g/mol. The third kappa shape index (κ3) is 3.69. The normalized spacial score (nSPS) is 16.4. The van der Waals surface area contributed by atoms with Gasteiger partial charge in [0.15, 0.2) is 5.82 Å². The quantitative estimate of drug-likeness (QED) is 0.757. The molecule has 7 nitrogen and oxygen atoms in total. The summed E-state index contributed by atoms with van der Waals surface area (Å²) < 4.78 is 19.3. The number of carbonyl (C=O) groups is 1. The van der Waals surface area contributed by atoms with E-state index in [0.29, 0.717) is 44.1 Å². The van der Waals surface area contributed by atoms with Gasteiger partial charge in [0.25, 0.3) is 0 Å². The minimum Gasteiger partial charge on any atom is -0.384 e. The number of ether oxygens (including phenoxy) is 1. The summed E-state index contributed by atoms with van der Waals surface area (Å²) in [7, 11) is 0. The van der Waals surface area contributed by atoms with E-state index in [-0.39, 0.29) is 17.3 Å². The summed E-state index contributed by atoms with van der Waals surface area (Å²) in [6.07, 6.45) is 2.19. The first kappa shape index (κ1) is 17.1. The fourth-order valence-electron chi connectivity index (χ4n) is 2.87. The highest BCUT2D eigenvalue weighted by Crippen LogP contribution is 2.31. The van der Waals surface area contributed by atoms with Crippen LogP contribution in [0.1, 0.15) is 12.8 Å². The molecule has 25 heavy (non-hydrogen) atoms. The van der Waals surface area contributed by atoms with E-state index >= 15 is 0 Å². The minimum atomic E-state index is -0.664. The van der Waals surface area contributed by atoms with Gasteiger partial charge in [0.2, 0.25) is 5.91 Å². The van der Waals surface area contributed by atoms with Crippen molar-refractivity contribution in [1.82, 2.24) is 9.97 Å². The Bertz CT molecular complexity index is 777. The molecule has 0 aliphatic carbocycles. The second-order valence-electron chi connectivity index (χ2n) is 6.11. The Morgan fingerprint density at radius 1 is 1.36 bits per heavy atom. The predicted molar refractivity (Wildman–Crippen MR) is 92.0 cm³/mol. The molecular weight excluding hydrogens is 325 g/mol. The Hall–Kier alpha value is -2.74. The van der Waals surface area contributed by atoms with Crippen LogP contribution in [0.4, 0.5) is 16.0 Å². The molecule has 5 N–H and O–H groups in total. The van der Waals surface area contributed by atoms with Gasteiger partial charge in [-0.3, -0.25) is 4.79 Å². The second kappa shape index (κ2) is 7.02. The Morgan fingerprint density at radius 3 is 2.84 bits per heavy atom. The summed E-state index contributed by atoms with van der Waals surface area (Å²) in [6, 6.07) is 6.62. The topological polar surface area (TPSA) is 116 Å². The standard InChI is InChI=1S/C17H20FN5O2/c18-12-9-21-14(19)8-11(12)13-2-1-3-15(23-13)22-10-17(16(20)24)4-6-25-7-5-17/h1-3,8-9H,4-7,10H2,(H2,19,21)(H2,20,24)(H,22,23). The van der Waals surface area contributed by atoms with Crippen LogP contribution < -0.4 is 16.8 Å². The first-order chi connectivity index (χ1) is 12.0. The summed E-state index contributed by atoms with van der Waals surface area (Å²) in [5.41, 5.74) is 11.3. The molecule has 1 saturated heterocycles. The number of carbonyl (C=O) groups excluding carboxylic acids is 1. The Labute approximate surface area is 144 Å². The summed E-state index contributed by atoms with van der Waals surface area (Å²) in [5, 5.41) is 3.14. The molecule has 132 valence electrons. The molecule has 8 heteroatoms. The first-order valence-electron chi connectivity index (χ1n) is 8.00. The van der Waals surface area contributed by atoms with Crippen molar-refractivity contribution in [3.05, 3.63) is 36.3 Å². The van der Waals surface area contributed by atoms with Crippen LogP contribution >= 0.6 is 0 Å². The van der Waals surface area contributed by atoms with Crippen LogP contribution in [-0.4, -0.2) is 35.6 Å². The van der Waals surface area contributed by atoms with E-state index in [1.54, 1.807) is 18.2 Å². The molecule has 3 rings (SSSR count). The summed E-state index contributed by atoms with van der Waals surface area (Å²) in [6.45, 7) is 1.35. The molecule has 0 unspecified atom stereocenters. The molecule has 1 fully saturated rings. The van der Waals surface area contributed by atoms with Crippen molar-refractivity contribution >= 4 is 17.5 Å². The van der Waals surface area contributed by atoms with Crippen molar-refractivity contribution in [3.8, 4) is 11.3 Å². The number of aromatic nitrogens is 2. The van der Waals surface area contributed by atoms with Crippen molar-refractivity contribution in [2.75, 3.05) is 30.8 Å². The molecule has 0 radical (unpaired) electrons. The van der Waals surface area contributed by atoms with Crippen molar-refractivity contribution in [2.24, 2.45) is 11.1 Å². The zero-order valence-electron chi connectivity index (χ0n) is 13.7. The number of hydrogen-bond acceptors (Lipinski definition) is 6. The van der Waals surface area contributed by atoms with E-state index in [1.165, 1.54) is 6.07 Å². The number of hydrogen-bond donors (Lipinski definition) is 3. The molecule has 0 aromatic carbocycles. The molecule has 0 saturated carbocycles. The smallest absolute Gasteiger partial charge is 0.225 e. The Morgan fingerprint density at radius 2 is 2.12 bits per heavy atom. The molecule has 3 heterocycles. The number of primary amides is 1. The maximum atomic E-state index is 14.0. The largest absolute Gasteiger partial charge is 0.384 e. The third-order valence-corrected chi connectivity index (χ3v) is 4.48. The van der Waals surface area contributed by atoms with Crippen LogP contribution in [-0.2, 0) is 9.53 Å². The van der Waals surface area contributed by atoms with E-state index < -0.39 is 11.2 Å². The number of nitrogens with zero attached hydrogens (tertiary/aromatic N) is 2. The van der Waals surface area contributed by atoms with E-state index in [2.05, 4.69) is 15.3 Å². The Kier molecular flexibility index (Phi) is 4.80. The van der Waals surface area contributed by atoms with Crippen LogP contribution in [0.3, 0.4) is 0 Å². The van der Waals surface area contributed by atoms with Crippen LogP contribution in [0.2, 0.25) is 0 Å². The van der Waals surface area contributed by atoms with E-state index in [4.69, 9.17) is 16.2 Å². The second-order valence-corrected chi connectivity index (χ2v) is 6.11. The monoisotopic (exact) mass is 345 g/mol. The lowest BCUT2D eigenvalue weighted by molar-refractivity contribution is -0.132. The number of halogens is 1. The molecule has 2 aromatic rings. The lowest BCUT2D eigenvalue weighted by Crippen LogP contribution is -2.46. The van der Waals surface area contributed by atoms with E-state index in [9.17, 15) is 9.18 Å². The first-order valence-corrected chi connectivity index (χ1v) is 8.00. The average Bonchev–Trinajstić information content (AvgIpc) is 2.63. The van der Waals surface area contributed by atoms with Gasteiger partial charge in [-0.05, 0) is 31.0 Å². The van der Waals surface area contributed by atoms with Gasteiger partial charge in [-0.25, -0.2) is 14.4 Å². The molecule has 1 aliphatic rings. The molecule has 0 spiro atoms. The van der Waals surface area contributed by atoms with Crippen molar-refractivity contribution in [1.29, 1.82) is 0 Å². The van der Waals surface area contributed by atoms with Crippen LogP contribution in [0.5, 0.6) is 0 Å². The van der Waals surface area contributed by atoms with E-state index in [0.717, 1.165) is 6.20 Å². The predicted octanol–water partition coefficient (Wildman–Crippen LogP) is 1.56. The van der Waals surface area contributed by atoms with Crippen molar-refractivity contribution in [3.63, 3.8) is 0 Å². The highest BCUT2D eigenvalue weighted by Gasteiger charge is 2.38. The number of nitrogen functional groups attached to an aromatic ring is 1. The third-order valence-electron chi connectivity index (χ3n) is 4.48. The number of pyridine rings is 2. The van der Waals surface area contributed by atoms with Crippen LogP contribution in [0, 0.1) is 11.2 Å². The molecule has 2 aromatic heterocycles. The number of amides is 1. The van der Waals surface area contributed by atoms with Crippen LogP contribution in [0.15, 0.2) is 30.5 Å². The minimum absolute atomic E-state index is 0.214. The zero-order valence-corrected chi connectivity index (χ0v) is 13.7. The molecule has 1 aliphatic heterocycles. The van der Waals surface area contributed by atoms with Gasteiger partial charge in [-0.1, -0.05) is 6.07 Å². The molecular formula is C17H20FN5O2. The van der Waals surface area contributed by atoms with Gasteiger partial charge in [0.05, 0.1) is 17.3 Å². The maximum absolute atomic E-state index is 14.0. The SMILES string of the molecule is NC(=O)C1(CNc2cccc(-c3cc(N)ncc3F)n2)CCOCC1. The zero-order chi connectivity index (χ0) is 17.9. The van der Waals surface area contributed by atoms with Crippen LogP contribution in [0.25, 0.3) is 11.3 Å². The van der Waals surface area contributed by atoms with Gasteiger partial charge in [0.1, 0.15) is 11.6 Å². The van der Waals surface area contributed by atoms with Gasteiger partial charge in [0, 0.05) is 25.3 Å². The van der Waals surface area contributed by atoms with Gasteiger partial charge in [-0.15, -0.1) is 0 Å². The van der Waals surface area contributed by atoms with Gasteiger partial charge < -0.3 is 21.5 Å². The summed E-state index contributed by atoms with van der Waals surface area (Å²) in [5.74, 6) is -0.116. The lowest BCUT2D eigenvalue weighted by atomic mass is 9.79. The number of nitrogens with two attached hydrogens (primary N) is 2. The maximum Gasteiger partial charge on any atom is 0.225 e. The molecule has 0 bridgehead atoms. The summed E-state index contributed by atoms with van der Waals surface area (Å²) in [4.78, 5) is 20.0. The number of rotatable bonds is 5. The van der Waals surface area contributed by atoms with E-state index in [1.807, 2.05) is 0 Å². The molecule has 0 atom stereocenters. The lowest BCUT2D eigenvalue weighted by Gasteiger charge is -2.34. The Balaban J connectivity index is 1.80. The van der Waals surface area contributed by atoms with Crippen molar-refractivity contribution in [2.45, 2.75) is 12.8 Å². The van der Waals surface area contributed by atoms with Gasteiger partial charge in [-0.2, -0.15) is 0 Å². The summed E-state index contributed by atoms with van der Waals surface area (Å²) >= 11 is 0. The highest BCUT2D eigenvalue weighted by molar-refractivity contribution is 5.81.